The Morgan fingerprint density at radius 1 is 0.957 bits per heavy atom. The van der Waals surface area contributed by atoms with E-state index in [0.717, 1.165) is 65.4 Å². The summed E-state index contributed by atoms with van der Waals surface area (Å²) in [5.41, 5.74) is 1.25. The molecule has 2 aliphatic heterocycles. The van der Waals surface area contributed by atoms with E-state index < -0.39 is 0 Å². The first kappa shape index (κ1) is 16.8. The molecule has 1 atom stereocenters. The number of likely N-dealkylation sites (N-methyl/N-ethyl adjacent to an activating group) is 1. The lowest BCUT2D eigenvalue weighted by Crippen LogP contribution is -2.51. The molecule has 23 heavy (non-hydrogen) atoms. The number of hydrogen-bond donors (Lipinski definition) is 1. The molecule has 0 unspecified atom stereocenters. The Balaban J connectivity index is 1.71. The highest BCUT2D eigenvalue weighted by atomic mass is 19.1. The maximum Gasteiger partial charge on any atom is 0.123 e. The van der Waals surface area contributed by atoms with Crippen LogP contribution in [0.2, 0.25) is 0 Å². The van der Waals surface area contributed by atoms with Crippen molar-refractivity contribution in [3.8, 4) is 0 Å². The van der Waals surface area contributed by atoms with Crippen molar-refractivity contribution < 1.29 is 4.39 Å². The molecule has 0 amide bonds. The van der Waals surface area contributed by atoms with E-state index in [-0.39, 0.29) is 5.82 Å². The van der Waals surface area contributed by atoms with Gasteiger partial charge in [0, 0.05) is 64.9 Å². The number of rotatable bonds is 5. The number of hydrogen-bond acceptors (Lipinski definition) is 4. The lowest BCUT2D eigenvalue weighted by molar-refractivity contribution is 0.0737. The van der Waals surface area contributed by atoms with Crippen LogP contribution in [0.4, 0.5) is 4.39 Å². The minimum Gasteiger partial charge on any atom is -0.314 e. The summed E-state index contributed by atoms with van der Waals surface area (Å²) in [6.07, 6.45) is 0. The summed E-state index contributed by atoms with van der Waals surface area (Å²) in [6, 6.07) is 7.50. The van der Waals surface area contributed by atoms with Gasteiger partial charge in [-0.2, -0.15) is 0 Å². The second kappa shape index (κ2) is 8.20. The van der Waals surface area contributed by atoms with Crippen LogP contribution in [0.15, 0.2) is 24.3 Å². The highest BCUT2D eigenvalue weighted by molar-refractivity contribution is 5.21. The van der Waals surface area contributed by atoms with Gasteiger partial charge >= 0.3 is 0 Å². The van der Waals surface area contributed by atoms with Gasteiger partial charge in [-0.25, -0.2) is 4.39 Å². The molecule has 0 aromatic heterocycles. The fraction of sp³-hybridized carbons (Fsp3) is 0.667. The SMILES string of the molecule is CCN1CCN([C@@H](CN2CCNCC2)c2ccc(F)cc2)CC1. The largest absolute Gasteiger partial charge is 0.314 e. The van der Waals surface area contributed by atoms with Crippen LogP contribution in [0.3, 0.4) is 0 Å². The Morgan fingerprint density at radius 2 is 1.61 bits per heavy atom. The van der Waals surface area contributed by atoms with Gasteiger partial charge in [0.2, 0.25) is 0 Å². The van der Waals surface area contributed by atoms with Crippen molar-refractivity contribution in [2.75, 3.05) is 65.4 Å². The molecule has 1 aromatic rings. The van der Waals surface area contributed by atoms with Gasteiger partial charge in [0.25, 0.3) is 0 Å². The van der Waals surface area contributed by atoms with Crippen molar-refractivity contribution in [3.63, 3.8) is 0 Å². The number of nitrogens with zero attached hydrogens (tertiary/aromatic N) is 3. The molecule has 2 saturated heterocycles. The second-order valence-electron chi connectivity index (χ2n) is 6.59. The van der Waals surface area contributed by atoms with Crippen molar-refractivity contribution >= 4 is 0 Å². The Morgan fingerprint density at radius 3 is 2.22 bits per heavy atom. The summed E-state index contributed by atoms with van der Waals surface area (Å²) in [5.74, 6) is -0.148. The molecule has 0 bridgehead atoms. The van der Waals surface area contributed by atoms with E-state index in [1.165, 1.54) is 5.56 Å². The van der Waals surface area contributed by atoms with Crippen LogP contribution in [0.1, 0.15) is 18.5 Å². The molecule has 4 nitrogen and oxygen atoms in total. The minimum atomic E-state index is -0.148. The quantitative estimate of drug-likeness (QED) is 0.885. The monoisotopic (exact) mass is 320 g/mol. The summed E-state index contributed by atoms with van der Waals surface area (Å²) in [5, 5.41) is 3.42. The van der Waals surface area contributed by atoms with Gasteiger partial charge in [0.15, 0.2) is 0 Å². The standard InChI is InChI=1S/C18H29FN4/c1-2-21-11-13-23(14-12-21)18(15-22-9-7-20-8-10-22)16-3-5-17(19)6-4-16/h3-6,18,20H,2,7-15H2,1H3/t18-/m0/s1. The van der Waals surface area contributed by atoms with Gasteiger partial charge in [-0.15, -0.1) is 0 Å². The zero-order valence-corrected chi connectivity index (χ0v) is 14.2. The molecule has 128 valence electrons. The van der Waals surface area contributed by atoms with Gasteiger partial charge in [0.05, 0.1) is 0 Å². The van der Waals surface area contributed by atoms with E-state index in [2.05, 4.69) is 26.9 Å². The molecule has 0 radical (unpaired) electrons. The molecule has 2 aliphatic rings. The average molecular weight is 320 g/mol. The Labute approximate surface area is 139 Å². The van der Waals surface area contributed by atoms with Crippen molar-refractivity contribution in [1.82, 2.24) is 20.0 Å². The summed E-state index contributed by atoms with van der Waals surface area (Å²) >= 11 is 0. The fourth-order valence-electron chi connectivity index (χ4n) is 3.65. The van der Waals surface area contributed by atoms with Crippen molar-refractivity contribution in [3.05, 3.63) is 35.6 Å². The predicted molar refractivity (Wildman–Crippen MR) is 92.1 cm³/mol. The molecule has 2 heterocycles. The maximum absolute atomic E-state index is 13.3. The van der Waals surface area contributed by atoms with E-state index in [0.29, 0.717) is 6.04 Å². The molecule has 2 fully saturated rings. The van der Waals surface area contributed by atoms with E-state index >= 15 is 0 Å². The number of nitrogens with one attached hydrogen (secondary N) is 1. The molecular weight excluding hydrogens is 291 g/mol. The number of halogens is 1. The van der Waals surface area contributed by atoms with Crippen LogP contribution in [0, 0.1) is 5.82 Å². The first-order valence-electron chi connectivity index (χ1n) is 8.91. The Bertz CT molecular complexity index is 464. The Hall–Kier alpha value is -1.01. The third-order valence-corrected chi connectivity index (χ3v) is 5.19. The highest BCUT2D eigenvalue weighted by Gasteiger charge is 2.26. The predicted octanol–water partition coefficient (Wildman–Crippen LogP) is 1.41. The third kappa shape index (κ3) is 4.51. The van der Waals surface area contributed by atoms with Crippen LogP contribution in [0.5, 0.6) is 0 Å². The second-order valence-corrected chi connectivity index (χ2v) is 6.59. The summed E-state index contributed by atoms with van der Waals surface area (Å²) < 4.78 is 13.3. The fourth-order valence-corrected chi connectivity index (χ4v) is 3.65. The lowest BCUT2D eigenvalue weighted by atomic mass is 10.0. The molecule has 5 heteroatoms. The molecule has 0 saturated carbocycles. The summed E-state index contributed by atoms with van der Waals surface area (Å²) in [7, 11) is 0. The molecular formula is C18H29FN4. The average Bonchev–Trinajstić information content (AvgIpc) is 2.62. The van der Waals surface area contributed by atoms with E-state index in [1.807, 2.05) is 12.1 Å². The molecule has 0 aliphatic carbocycles. The molecule has 0 spiro atoms. The Kier molecular flexibility index (Phi) is 6.00. The highest BCUT2D eigenvalue weighted by Crippen LogP contribution is 2.24. The van der Waals surface area contributed by atoms with Crippen LogP contribution in [0.25, 0.3) is 0 Å². The van der Waals surface area contributed by atoms with Crippen molar-refractivity contribution in [1.29, 1.82) is 0 Å². The third-order valence-electron chi connectivity index (χ3n) is 5.19. The van der Waals surface area contributed by atoms with Gasteiger partial charge in [-0.05, 0) is 24.2 Å². The molecule has 3 rings (SSSR count). The summed E-state index contributed by atoms with van der Waals surface area (Å²) in [6.45, 7) is 13.2. The van der Waals surface area contributed by atoms with Crippen molar-refractivity contribution in [2.45, 2.75) is 13.0 Å². The van der Waals surface area contributed by atoms with Gasteiger partial charge in [-0.1, -0.05) is 19.1 Å². The minimum absolute atomic E-state index is 0.148. The van der Waals surface area contributed by atoms with Crippen LogP contribution < -0.4 is 5.32 Å². The van der Waals surface area contributed by atoms with Crippen LogP contribution >= 0.6 is 0 Å². The van der Waals surface area contributed by atoms with Gasteiger partial charge in [-0.3, -0.25) is 9.80 Å². The first-order chi connectivity index (χ1) is 11.3. The van der Waals surface area contributed by atoms with E-state index in [1.54, 1.807) is 12.1 Å². The normalized spacial score (nSPS) is 23.0. The smallest absolute Gasteiger partial charge is 0.123 e. The van der Waals surface area contributed by atoms with Gasteiger partial charge in [0.1, 0.15) is 5.82 Å². The van der Waals surface area contributed by atoms with Crippen LogP contribution in [-0.2, 0) is 0 Å². The molecule has 1 aromatic carbocycles. The number of piperazine rings is 2. The summed E-state index contributed by atoms with van der Waals surface area (Å²) in [4.78, 5) is 7.63. The topological polar surface area (TPSA) is 21.8 Å². The number of benzene rings is 1. The first-order valence-corrected chi connectivity index (χ1v) is 8.91. The zero-order valence-electron chi connectivity index (χ0n) is 14.2. The van der Waals surface area contributed by atoms with Crippen molar-refractivity contribution in [2.24, 2.45) is 0 Å². The zero-order chi connectivity index (χ0) is 16.1. The van der Waals surface area contributed by atoms with Gasteiger partial charge < -0.3 is 10.2 Å². The maximum atomic E-state index is 13.3. The van der Waals surface area contributed by atoms with E-state index in [9.17, 15) is 4.39 Å². The van der Waals surface area contributed by atoms with E-state index in [4.69, 9.17) is 0 Å². The lowest BCUT2D eigenvalue weighted by Gasteiger charge is -2.41. The van der Waals surface area contributed by atoms with Crippen LogP contribution in [-0.4, -0.2) is 80.1 Å². The molecule has 1 N–H and O–H groups in total.